The first-order valence-corrected chi connectivity index (χ1v) is 10.4. The van der Waals surface area contributed by atoms with E-state index in [-0.39, 0.29) is 10.7 Å². The van der Waals surface area contributed by atoms with Gasteiger partial charge in [-0.05, 0) is 41.8 Å². The molecule has 0 bridgehead atoms. The van der Waals surface area contributed by atoms with Crippen LogP contribution in [0.2, 0.25) is 0 Å². The van der Waals surface area contributed by atoms with Gasteiger partial charge in [-0.2, -0.15) is 0 Å². The van der Waals surface area contributed by atoms with E-state index in [2.05, 4.69) is 121 Å². The average molecular weight is 385 g/mol. The fraction of sp³-hybridized carbons (Fsp3) is 0.231. The van der Waals surface area contributed by atoms with Crippen LogP contribution in [0.15, 0.2) is 78.9 Å². The van der Waals surface area contributed by atoms with Crippen LogP contribution in [0.5, 0.6) is 0 Å². The van der Waals surface area contributed by atoms with Gasteiger partial charge in [0.25, 0.3) is 0 Å². The van der Waals surface area contributed by atoms with Crippen LogP contribution in [0.4, 0.5) is 5.69 Å². The van der Waals surface area contributed by atoms with E-state index < -0.39 is 0 Å². The Hall–Kier alpha value is -2.37. The molecule has 142 valence electrons. The smallest absolute Gasteiger partial charge is 0.0569 e. The van der Waals surface area contributed by atoms with E-state index in [1.54, 1.807) is 0 Å². The number of nitrogens with one attached hydrogen (secondary N) is 1. The zero-order chi connectivity index (χ0) is 19.9. The first-order valence-electron chi connectivity index (χ1n) is 9.84. The van der Waals surface area contributed by atoms with Crippen molar-refractivity contribution in [3.63, 3.8) is 0 Å². The monoisotopic (exact) mass is 385 g/mol. The number of hydrogen-bond acceptors (Lipinski definition) is 1. The van der Waals surface area contributed by atoms with Crippen molar-refractivity contribution in [2.45, 2.75) is 38.4 Å². The van der Waals surface area contributed by atoms with Gasteiger partial charge in [-0.1, -0.05) is 86.6 Å². The Kier molecular flexibility index (Phi) is 4.68. The van der Waals surface area contributed by atoms with E-state index >= 15 is 0 Å². The molecule has 0 saturated carbocycles. The Labute approximate surface area is 170 Å². The molecule has 4 aromatic rings. The van der Waals surface area contributed by atoms with Crippen molar-refractivity contribution in [3.05, 3.63) is 90.0 Å². The van der Waals surface area contributed by atoms with Crippen LogP contribution in [0.1, 0.15) is 38.8 Å². The largest absolute Gasteiger partial charge is 0.375 e. The summed E-state index contributed by atoms with van der Waals surface area (Å²) in [6.07, 6.45) is 0. The van der Waals surface area contributed by atoms with Gasteiger partial charge in [0.15, 0.2) is 0 Å². The minimum Gasteiger partial charge on any atom is -0.375 e. The van der Waals surface area contributed by atoms with Crippen LogP contribution in [0.25, 0.3) is 21.5 Å². The van der Waals surface area contributed by atoms with E-state index in [9.17, 15) is 0 Å². The summed E-state index contributed by atoms with van der Waals surface area (Å²) >= 11 is 0. The number of benzene rings is 4. The van der Waals surface area contributed by atoms with Crippen LogP contribution in [-0.4, -0.2) is 0 Å². The van der Waals surface area contributed by atoms with Gasteiger partial charge in [0, 0.05) is 15.9 Å². The summed E-state index contributed by atoms with van der Waals surface area (Å²) in [6, 6.07) is 28.5. The van der Waals surface area contributed by atoms with Crippen LogP contribution >= 0.6 is 9.24 Å². The lowest BCUT2D eigenvalue weighted by Gasteiger charge is -2.31. The highest BCUT2D eigenvalue weighted by Crippen LogP contribution is 2.37. The first-order chi connectivity index (χ1) is 13.3. The minimum absolute atomic E-state index is 0.0853. The van der Waals surface area contributed by atoms with E-state index in [4.69, 9.17) is 0 Å². The molecule has 2 heteroatoms. The average Bonchev–Trinajstić information content (AvgIpc) is 2.67. The second-order valence-electron chi connectivity index (χ2n) is 8.74. The molecule has 1 unspecified atom stereocenters. The van der Waals surface area contributed by atoms with E-state index in [0.717, 1.165) is 0 Å². The van der Waals surface area contributed by atoms with Crippen molar-refractivity contribution in [1.29, 1.82) is 0 Å². The van der Waals surface area contributed by atoms with Gasteiger partial charge >= 0.3 is 0 Å². The molecule has 0 spiro atoms. The summed E-state index contributed by atoms with van der Waals surface area (Å²) in [4.78, 5) is 0. The molecule has 4 aromatic carbocycles. The molecule has 1 atom stereocenters. The number of rotatable bonds is 4. The summed E-state index contributed by atoms with van der Waals surface area (Å²) in [6.45, 7) is 8.95. The molecular formula is C26H28NP. The molecule has 4 rings (SSSR count). The molecule has 1 nitrogen and oxygen atoms in total. The van der Waals surface area contributed by atoms with Crippen LogP contribution in [-0.2, 0) is 10.7 Å². The molecule has 0 fully saturated rings. The zero-order valence-corrected chi connectivity index (χ0v) is 18.2. The van der Waals surface area contributed by atoms with Crippen LogP contribution in [0, 0.1) is 0 Å². The third kappa shape index (κ3) is 3.52. The summed E-state index contributed by atoms with van der Waals surface area (Å²) < 4.78 is 0. The lowest BCUT2D eigenvalue weighted by Crippen LogP contribution is -2.28. The summed E-state index contributed by atoms with van der Waals surface area (Å²) in [5.41, 5.74) is 3.61. The second kappa shape index (κ2) is 6.90. The molecular weight excluding hydrogens is 357 g/mol. The molecule has 0 aliphatic heterocycles. The molecule has 0 amide bonds. The molecule has 0 saturated heterocycles. The van der Waals surface area contributed by atoms with Gasteiger partial charge in [0.05, 0.1) is 11.2 Å². The van der Waals surface area contributed by atoms with Gasteiger partial charge < -0.3 is 5.32 Å². The summed E-state index contributed by atoms with van der Waals surface area (Å²) in [5.74, 6) is 0. The Balaban J connectivity index is 1.81. The van der Waals surface area contributed by atoms with Crippen molar-refractivity contribution in [3.8, 4) is 0 Å². The Morgan fingerprint density at radius 1 is 0.643 bits per heavy atom. The highest BCUT2D eigenvalue weighted by atomic mass is 31.0. The maximum atomic E-state index is 3.87. The first kappa shape index (κ1) is 19.0. The third-order valence-electron chi connectivity index (χ3n) is 5.56. The van der Waals surface area contributed by atoms with Crippen molar-refractivity contribution >= 4 is 36.5 Å². The normalized spacial score (nSPS) is 12.5. The Morgan fingerprint density at radius 2 is 1.11 bits per heavy atom. The van der Waals surface area contributed by atoms with Gasteiger partial charge in [0.2, 0.25) is 0 Å². The predicted molar refractivity (Wildman–Crippen MR) is 127 cm³/mol. The summed E-state index contributed by atoms with van der Waals surface area (Å²) in [7, 11) is 2.92. The van der Waals surface area contributed by atoms with E-state index in [1.165, 1.54) is 38.4 Å². The maximum Gasteiger partial charge on any atom is 0.0569 e. The molecule has 28 heavy (non-hydrogen) atoms. The highest BCUT2D eigenvalue weighted by Gasteiger charge is 2.23. The minimum atomic E-state index is -0.198. The van der Waals surface area contributed by atoms with Crippen molar-refractivity contribution in [2.24, 2.45) is 0 Å². The second-order valence-corrected chi connectivity index (χ2v) is 10.2. The highest BCUT2D eigenvalue weighted by molar-refractivity contribution is 7.18. The summed E-state index contributed by atoms with van der Waals surface area (Å²) in [5, 5.41) is 9.01. The molecule has 0 aliphatic carbocycles. The van der Waals surface area contributed by atoms with Gasteiger partial charge in [0.1, 0.15) is 0 Å². The topological polar surface area (TPSA) is 12.0 Å². The molecule has 0 heterocycles. The number of anilines is 1. The number of hydrogen-bond donors (Lipinski definition) is 1. The van der Waals surface area contributed by atoms with Crippen LogP contribution in [0.3, 0.4) is 0 Å². The van der Waals surface area contributed by atoms with E-state index in [0.29, 0.717) is 0 Å². The van der Waals surface area contributed by atoms with Gasteiger partial charge in [-0.3, -0.25) is 0 Å². The fourth-order valence-corrected chi connectivity index (χ4v) is 4.04. The lowest BCUT2D eigenvalue weighted by atomic mass is 9.90. The maximum absolute atomic E-state index is 3.87. The van der Waals surface area contributed by atoms with Crippen LogP contribution < -0.4 is 5.32 Å². The Bertz CT molecular complexity index is 1080. The Morgan fingerprint density at radius 3 is 1.61 bits per heavy atom. The fourth-order valence-electron chi connectivity index (χ4n) is 3.85. The standard InChI is InChI=1S/C26H28NP/c1-25(2,20-13-15-21(16-14-20)26(3,4)28)27-24-22-11-7-5-9-18(22)17-19-10-6-8-12-23(19)24/h5-17,27H,28H2,1-4H3. The van der Waals surface area contributed by atoms with Crippen molar-refractivity contribution in [1.82, 2.24) is 0 Å². The SMILES string of the molecule is CC(C)(P)c1ccc(C(C)(C)Nc2c3ccccc3cc3ccccc23)cc1. The molecule has 1 N–H and O–H groups in total. The zero-order valence-electron chi connectivity index (χ0n) is 17.1. The quantitative estimate of drug-likeness (QED) is 0.284. The van der Waals surface area contributed by atoms with Gasteiger partial charge in [-0.25, -0.2) is 0 Å². The predicted octanol–water partition coefficient (Wildman–Crippen LogP) is 7.45. The van der Waals surface area contributed by atoms with Crippen molar-refractivity contribution in [2.75, 3.05) is 5.32 Å². The molecule has 0 aliphatic rings. The number of fused-ring (bicyclic) bond motifs is 2. The molecule has 0 aromatic heterocycles. The van der Waals surface area contributed by atoms with Crippen molar-refractivity contribution < 1.29 is 0 Å². The third-order valence-corrected chi connectivity index (χ3v) is 5.89. The molecule has 0 radical (unpaired) electrons. The lowest BCUT2D eigenvalue weighted by molar-refractivity contribution is 0.610. The van der Waals surface area contributed by atoms with Gasteiger partial charge in [-0.15, -0.1) is 9.24 Å². The van der Waals surface area contributed by atoms with E-state index in [1.807, 2.05) is 0 Å².